The molecule has 0 radical (unpaired) electrons. The van der Waals surface area contributed by atoms with Gasteiger partial charge >= 0.3 is 0 Å². The number of hydrogen-bond acceptors (Lipinski definition) is 2. The van der Waals surface area contributed by atoms with Gasteiger partial charge in [-0.1, -0.05) is 12.7 Å². The Morgan fingerprint density at radius 2 is 1.92 bits per heavy atom. The highest BCUT2D eigenvalue weighted by molar-refractivity contribution is 5.08. The Balaban J connectivity index is 2.59. The lowest BCUT2D eigenvalue weighted by molar-refractivity contribution is -0.0577. The standard InChI is InChI=1S/C11H19NO/c1-5-6-9(2)12-7-10(3)13-11(4)8-12/h5-6,10-11H,1,7-8H2,2-4H3/b9-6+. The summed E-state index contributed by atoms with van der Waals surface area (Å²) >= 11 is 0. The van der Waals surface area contributed by atoms with Crippen molar-refractivity contribution in [2.24, 2.45) is 0 Å². The molecule has 0 bridgehead atoms. The number of ether oxygens (including phenoxy) is 1. The maximum atomic E-state index is 5.65. The van der Waals surface area contributed by atoms with E-state index in [9.17, 15) is 0 Å². The van der Waals surface area contributed by atoms with Gasteiger partial charge < -0.3 is 9.64 Å². The van der Waals surface area contributed by atoms with Crippen molar-refractivity contribution in [3.63, 3.8) is 0 Å². The third-order valence-corrected chi connectivity index (χ3v) is 2.28. The Morgan fingerprint density at radius 3 is 2.38 bits per heavy atom. The Kier molecular flexibility index (Phi) is 3.55. The van der Waals surface area contributed by atoms with Gasteiger partial charge in [-0.05, 0) is 26.8 Å². The highest BCUT2D eigenvalue weighted by Crippen LogP contribution is 2.15. The second-order valence-electron chi connectivity index (χ2n) is 3.71. The zero-order valence-electron chi connectivity index (χ0n) is 8.79. The summed E-state index contributed by atoms with van der Waals surface area (Å²) in [6.07, 6.45) is 4.54. The van der Waals surface area contributed by atoms with Crippen LogP contribution in [-0.2, 0) is 4.74 Å². The molecule has 1 rings (SSSR count). The first-order valence-electron chi connectivity index (χ1n) is 4.83. The molecule has 1 fully saturated rings. The van der Waals surface area contributed by atoms with Crippen LogP contribution in [0.3, 0.4) is 0 Å². The summed E-state index contributed by atoms with van der Waals surface area (Å²) in [5, 5.41) is 0. The molecular weight excluding hydrogens is 162 g/mol. The molecule has 2 heteroatoms. The van der Waals surface area contributed by atoms with Crippen LogP contribution in [0, 0.1) is 0 Å². The molecule has 0 spiro atoms. The molecule has 13 heavy (non-hydrogen) atoms. The minimum Gasteiger partial charge on any atom is -0.372 e. The van der Waals surface area contributed by atoms with Crippen molar-refractivity contribution in [2.45, 2.75) is 33.0 Å². The van der Waals surface area contributed by atoms with E-state index in [1.807, 2.05) is 12.2 Å². The Bertz CT molecular complexity index is 200. The lowest BCUT2D eigenvalue weighted by Gasteiger charge is -2.37. The highest BCUT2D eigenvalue weighted by atomic mass is 16.5. The van der Waals surface area contributed by atoms with Gasteiger partial charge in [-0.2, -0.15) is 0 Å². The fourth-order valence-corrected chi connectivity index (χ4v) is 1.74. The lowest BCUT2D eigenvalue weighted by Crippen LogP contribution is -2.44. The van der Waals surface area contributed by atoms with E-state index >= 15 is 0 Å². The molecule has 0 aromatic heterocycles. The topological polar surface area (TPSA) is 12.5 Å². The van der Waals surface area contributed by atoms with E-state index in [4.69, 9.17) is 4.74 Å². The first kappa shape index (κ1) is 10.3. The summed E-state index contributed by atoms with van der Waals surface area (Å²) in [6, 6.07) is 0. The maximum Gasteiger partial charge on any atom is 0.0726 e. The second kappa shape index (κ2) is 4.47. The molecule has 2 nitrogen and oxygen atoms in total. The largest absolute Gasteiger partial charge is 0.372 e. The number of nitrogens with zero attached hydrogens (tertiary/aromatic N) is 1. The molecule has 1 aliphatic rings. The average molecular weight is 181 g/mol. The van der Waals surface area contributed by atoms with E-state index in [-0.39, 0.29) is 0 Å². The molecule has 2 unspecified atom stereocenters. The predicted octanol–water partition coefficient (Wildman–Crippen LogP) is 2.19. The molecule has 0 amide bonds. The van der Waals surface area contributed by atoms with E-state index < -0.39 is 0 Å². The Morgan fingerprint density at radius 1 is 1.38 bits per heavy atom. The zero-order valence-corrected chi connectivity index (χ0v) is 8.79. The molecule has 0 aromatic carbocycles. The van der Waals surface area contributed by atoms with Crippen LogP contribution in [0.4, 0.5) is 0 Å². The summed E-state index contributed by atoms with van der Waals surface area (Å²) in [7, 11) is 0. The number of hydrogen-bond donors (Lipinski definition) is 0. The number of rotatable bonds is 2. The van der Waals surface area contributed by atoms with Gasteiger partial charge in [0.05, 0.1) is 12.2 Å². The number of allylic oxidation sites excluding steroid dienone is 3. The fourth-order valence-electron chi connectivity index (χ4n) is 1.74. The first-order chi connectivity index (χ1) is 6.13. The smallest absolute Gasteiger partial charge is 0.0726 e. The van der Waals surface area contributed by atoms with Crippen LogP contribution in [-0.4, -0.2) is 30.2 Å². The van der Waals surface area contributed by atoms with E-state index in [1.54, 1.807) is 0 Å². The van der Waals surface area contributed by atoms with Gasteiger partial charge in [0.25, 0.3) is 0 Å². The second-order valence-corrected chi connectivity index (χ2v) is 3.71. The van der Waals surface area contributed by atoms with Gasteiger partial charge in [-0.3, -0.25) is 0 Å². The van der Waals surface area contributed by atoms with Crippen LogP contribution in [0.5, 0.6) is 0 Å². The van der Waals surface area contributed by atoms with Gasteiger partial charge in [0.1, 0.15) is 0 Å². The van der Waals surface area contributed by atoms with Crippen LogP contribution in [0.15, 0.2) is 24.4 Å². The average Bonchev–Trinajstić information content (AvgIpc) is 2.03. The van der Waals surface area contributed by atoms with E-state index in [0.717, 1.165) is 13.1 Å². The van der Waals surface area contributed by atoms with Gasteiger partial charge in [-0.15, -0.1) is 0 Å². The van der Waals surface area contributed by atoms with Crippen LogP contribution in [0.2, 0.25) is 0 Å². The lowest BCUT2D eigenvalue weighted by atomic mass is 10.2. The molecule has 0 aromatic rings. The third kappa shape index (κ3) is 2.88. The molecule has 74 valence electrons. The van der Waals surface area contributed by atoms with E-state index in [2.05, 4.69) is 32.3 Å². The van der Waals surface area contributed by atoms with Crippen molar-refractivity contribution in [2.75, 3.05) is 13.1 Å². The Hall–Kier alpha value is -0.760. The van der Waals surface area contributed by atoms with Crippen molar-refractivity contribution in [3.05, 3.63) is 24.4 Å². The highest BCUT2D eigenvalue weighted by Gasteiger charge is 2.21. The molecule has 2 atom stereocenters. The van der Waals surface area contributed by atoms with Gasteiger partial charge in [0.2, 0.25) is 0 Å². The van der Waals surface area contributed by atoms with Crippen LogP contribution >= 0.6 is 0 Å². The Labute approximate surface area is 80.9 Å². The summed E-state index contributed by atoms with van der Waals surface area (Å²) in [5.74, 6) is 0. The van der Waals surface area contributed by atoms with Crippen LogP contribution in [0.1, 0.15) is 20.8 Å². The van der Waals surface area contributed by atoms with Gasteiger partial charge in [0.15, 0.2) is 0 Å². The minimum atomic E-state index is 0.330. The summed E-state index contributed by atoms with van der Waals surface area (Å²) in [6.45, 7) is 12.0. The predicted molar refractivity (Wildman–Crippen MR) is 55.5 cm³/mol. The quantitative estimate of drug-likeness (QED) is 0.605. The molecule has 1 aliphatic heterocycles. The summed E-state index contributed by atoms with van der Waals surface area (Å²) in [5.41, 5.74) is 1.28. The zero-order chi connectivity index (χ0) is 9.84. The number of morpholine rings is 1. The first-order valence-corrected chi connectivity index (χ1v) is 4.83. The molecule has 0 N–H and O–H groups in total. The van der Waals surface area contributed by atoms with E-state index in [0.29, 0.717) is 12.2 Å². The molecule has 0 aliphatic carbocycles. The third-order valence-electron chi connectivity index (χ3n) is 2.28. The fraction of sp³-hybridized carbons (Fsp3) is 0.636. The van der Waals surface area contributed by atoms with Crippen LogP contribution < -0.4 is 0 Å². The summed E-state index contributed by atoms with van der Waals surface area (Å²) < 4.78 is 5.65. The van der Waals surface area contributed by atoms with Crippen molar-refractivity contribution in [3.8, 4) is 0 Å². The summed E-state index contributed by atoms with van der Waals surface area (Å²) in [4.78, 5) is 2.35. The van der Waals surface area contributed by atoms with Crippen molar-refractivity contribution in [1.82, 2.24) is 4.90 Å². The SMILES string of the molecule is C=C/C=C(\C)N1CC(C)OC(C)C1. The van der Waals surface area contributed by atoms with Crippen LogP contribution in [0.25, 0.3) is 0 Å². The molecule has 1 saturated heterocycles. The molecular formula is C11H19NO. The maximum absolute atomic E-state index is 5.65. The van der Waals surface area contributed by atoms with Gasteiger partial charge in [0, 0.05) is 18.8 Å². The minimum absolute atomic E-state index is 0.330. The van der Waals surface area contributed by atoms with Gasteiger partial charge in [-0.25, -0.2) is 0 Å². The normalized spacial score (nSPS) is 30.4. The molecule has 1 heterocycles. The van der Waals surface area contributed by atoms with Crippen molar-refractivity contribution < 1.29 is 4.74 Å². The van der Waals surface area contributed by atoms with Crippen molar-refractivity contribution >= 4 is 0 Å². The molecule has 0 saturated carbocycles. The monoisotopic (exact) mass is 181 g/mol. The van der Waals surface area contributed by atoms with Crippen molar-refractivity contribution in [1.29, 1.82) is 0 Å². The van der Waals surface area contributed by atoms with E-state index in [1.165, 1.54) is 5.70 Å².